The predicted octanol–water partition coefficient (Wildman–Crippen LogP) is 1.92. The highest BCUT2D eigenvalue weighted by atomic mass is 35.5. The molecule has 0 saturated carbocycles. The molecule has 0 spiro atoms. The second-order valence-electron chi connectivity index (χ2n) is 5.81. The topological polar surface area (TPSA) is 50.1 Å². The fraction of sp³-hybridized carbons (Fsp3) is 0.500. The summed E-state index contributed by atoms with van der Waals surface area (Å²) in [6.07, 6.45) is 2.38. The molecule has 2 aromatic rings. The van der Waals surface area contributed by atoms with E-state index in [0.29, 0.717) is 23.8 Å². The first-order valence-corrected chi connectivity index (χ1v) is 8.31. The highest BCUT2D eigenvalue weighted by Gasteiger charge is 2.27. The molecule has 0 aromatic carbocycles. The molecule has 1 fully saturated rings. The van der Waals surface area contributed by atoms with Crippen molar-refractivity contribution in [2.24, 2.45) is 0 Å². The third-order valence-electron chi connectivity index (χ3n) is 4.21. The van der Waals surface area contributed by atoms with Gasteiger partial charge < -0.3 is 9.64 Å². The van der Waals surface area contributed by atoms with Crippen LogP contribution in [0.3, 0.4) is 0 Å². The number of piperazine rings is 1. The maximum Gasteiger partial charge on any atom is 0.277 e. The quantitative estimate of drug-likeness (QED) is 0.770. The van der Waals surface area contributed by atoms with Crippen LogP contribution in [0, 0.1) is 5.95 Å². The second kappa shape index (κ2) is 7.46. The Hall–Kier alpha value is -1.70. The fourth-order valence-corrected chi connectivity index (χ4v) is 3.04. The summed E-state index contributed by atoms with van der Waals surface area (Å²) >= 11 is 5.87. The van der Waals surface area contributed by atoms with Gasteiger partial charge in [0.05, 0.1) is 5.02 Å². The number of amides is 1. The van der Waals surface area contributed by atoms with E-state index in [4.69, 9.17) is 16.3 Å². The van der Waals surface area contributed by atoms with E-state index in [9.17, 15) is 9.18 Å². The Kier molecular flexibility index (Phi) is 5.33. The molecule has 2 aromatic heterocycles. The summed E-state index contributed by atoms with van der Waals surface area (Å²) in [7, 11) is 1.69. The first kappa shape index (κ1) is 17.1. The van der Waals surface area contributed by atoms with Crippen LogP contribution in [0.5, 0.6) is 0 Å². The number of imidazole rings is 1. The Labute approximate surface area is 144 Å². The smallest absolute Gasteiger partial charge is 0.277 e. The minimum Gasteiger partial charge on any atom is -0.385 e. The Morgan fingerprint density at radius 1 is 1.33 bits per heavy atom. The number of carbonyl (C=O) groups excluding carboxylic acids is 1. The molecular formula is C16H20ClFN4O2. The highest BCUT2D eigenvalue weighted by molar-refractivity contribution is 6.30. The van der Waals surface area contributed by atoms with Gasteiger partial charge in [-0.2, -0.15) is 4.39 Å². The third kappa shape index (κ3) is 3.53. The molecule has 0 bridgehead atoms. The SMILES string of the molecule is COCCCN1CCN(C(=O)c2nc3ccc(Cl)cn3c2F)CC1. The maximum atomic E-state index is 14.5. The van der Waals surface area contributed by atoms with Gasteiger partial charge in [0.1, 0.15) is 5.65 Å². The Morgan fingerprint density at radius 3 is 2.79 bits per heavy atom. The zero-order chi connectivity index (χ0) is 17.1. The van der Waals surface area contributed by atoms with Gasteiger partial charge in [0.25, 0.3) is 5.91 Å². The van der Waals surface area contributed by atoms with Crippen molar-refractivity contribution in [3.05, 3.63) is 35.0 Å². The van der Waals surface area contributed by atoms with E-state index in [2.05, 4.69) is 9.88 Å². The minimum atomic E-state index is -0.667. The van der Waals surface area contributed by atoms with Crippen molar-refractivity contribution in [1.82, 2.24) is 19.2 Å². The molecular weight excluding hydrogens is 335 g/mol. The Bertz CT molecular complexity index is 728. The van der Waals surface area contributed by atoms with Crippen LogP contribution in [0.15, 0.2) is 18.3 Å². The molecule has 0 aliphatic carbocycles. The molecule has 3 rings (SSSR count). The first-order chi connectivity index (χ1) is 11.6. The predicted molar refractivity (Wildman–Crippen MR) is 89.0 cm³/mol. The van der Waals surface area contributed by atoms with Crippen molar-refractivity contribution in [3.63, 3.8) is 0 Å². The van der Waals surface area contributed by atoms with Crippen molar-refractivity contribution in [3.8, 4) is 0 Å². The summed E-state index contributed by atoms with van der Waals surface area (Å²) in [5.41, 5.74) is 0.226. The van der Waals surface area contributed by atoms with Crippen molar-refractivity contribution < 1.29 is 13.9 Å². The van der Waals surface area contributed by atoms with E-state index >= 15 is 0 Å². The number of rotatable bonds is 5. The van der Waals surface area contributed by atoms with E-state index in [1.807, 2.05) is 0 Å². The molecule has 0 atom stereocenters. The van der Waals surface area contributed by atoms with Gasteiger partial charge in [-0.15, -0.1) is 0 Å². The van der Waals surface area contributed by atoms with Crippen molar-refractivity contribution in [1.29, 1.82) is 0 Å². The Morgan fingerprint density at radius 2 is 2.08 bits per heavy atom. The van der Waals surface area contributed by atoms with Gasteiger partial charge in [-0.25, -0.2) is 4.98 Å². The lowest BCUT2D eigenvalue weighted by atomic mass is 10.2. The van der Waals surface area contributed by atoms with E-state index in [-0.39, 0.29) is 11.6 Å². The van der Waals surface area contributed by atoms with Crippen LogP contribution in [-0.4, -0.2) is 71.5 Å². The number of fused-ring (bicyclic) bond motifs is 1. The minimum absolute atomic E-state index is 0.148. The number of carbonyl (C=O) groups is 1. The average molecular weight is 355 g/mol. The number of methoxy groups -OCH3 is 1. The van der Waals surface area contributed by atoms with Gasteiger partial charge in [-0.05, 0) is 18.6 Å². The fourth-order valence-electron chi connectivity index (χ4n) is 2.88. The number of halogens is 2. The molecule has 1 saturated heterocycles. The monoisotopic (exact) mass is 354 g/mol. The average Bonchev–Trinajstić information content (AvgIpc) is 2.92. The van der Waals surface area contributed by atoms with E-state index in [0.717, 1.165) is 32.7 Å². The van der Waals surface area contributed by atoms with Gasteiger partial charge >= 0.3 is 0 Å². The van der Waals surface area contributed by atoms with Crippen molar-refractivity contribution in [2.45, 2.75) is 6.42 Å². The summed E-state index contributed by atoms with van der Waals surface area (Å²) in [5, 5.41) is 0.391. The van der Waals surface area contributed by atoms with Crippen LogP contribution in [0.1, 0.15) is 16.9 Å². The molecule has 130 valence electrons. The summed E-state index contributed by atoms with van der Waals surface area (Å²) in [6, 6.07) is 3.21. The molecule has 1 aliphatic heterocycles. The highest BCUT2D eigenvalue weighted by Crippen LogP contribution is 2.17. The number of ether oxygens (including phenoxy) is 1. The molecule has 0 N–H and O–H groups in total. The summed E-state index contributed by atoms with van der Waals surface area (Å²) in [6.45, 7) is 4.36. The Balaban J connectivity index is 1.66. The van der Waals surface area contributed by atoms with Gasteiger partial charge in [-0.3, -0.25) is 14.1 Å². The van der Waals surface area contributed by atoms with Crippen molar-refractivity contribution >= 4 is 23.2 Å². The van der Waals surface area contributed by atoms with Gasteiger partial charge in [0, 0.05) is 52.6 Å². The molecule has 8 heteroatoms. The normalized spacial score (nSPS) is 16.0. The lowest BCUT2D eigenvalue weighted by Gasteiger charge is -2.34. The first-order valence-electron chi connectivity index (χ1n) is 7.94. The number of pyridine rings is 1. The zero-order valence-electron chi connectivity index (χ0n) is 13.5. The molecule has 1 amide bonds. The van der Waals surface area contributed by atoms with E-state index in [1.54, 1.807) is 24.1 Å². The summed E-state index contributed by atoms with van der Waals surface area (Å²) < 4.78 is 20.7. The summed E-state index contributed by atoms with van der Waals surface area (Å²) in [5.74, 6) is -1.04. The number of hydrogen-bond donors (Lipinski definition) is 0. The number of hydrogen-bond acceptors (Lipinski definition) is 4. The molecule has 3 heterocycles. The molecule has 1 aliphatic rings. The van der Waals surface area contributed by atoms with E-state index in [1.165, 1.54) is 10.6 Å². The van der Waals surface area contributed by atoms with Crippen LogP contribution in [-0.2, 0) is 4.74 Å². The van der Waals surface area contributed by atoms with E-state index < -0.39 is 5.95 Å². The lowest BCUT2D eigenvalue weighted by molar-refractivity contribution is 0.0614. The molecule has 24 heavy (non-hydrogen) atoms. The molecule has 0 radical (unpaired) electrons. The standard InChI is InChI=1S/C16H20ClFN4O2/c1-24-10-2-5-20-6-8-21(9-7-20)16(23)14-15(18)22-11-12(17)3-4-13(22)19-14/h3-4,11H,2,5-10H2,1H3. The van der Waals surface area contributed by atoms with Gasteiger partial charge in [0.2, 0.25) is 5.95 Å². The van der Waals surface area contributed by atoms with Crippen LogP contribution in [0.2, 0.25) is 5.02 Å². The lowest BCUT2D eigenvalue weighted by Crippen LogP contribution is -2.49. The largest absolute Gasteiger partial charge is 0.385 e. The number of aromatic nitrogens is 2. The van der Waals surface area contributed by atoms with Crippen molar-refractivity contribution in [2.75, 3.05) is 46.4 Å². The maximum absolute atomic E-state index is 14.5. The molecule has 0 unspecified atom stereocenters. The van der Waals surface area contributed by atoms with Crippen LogP contribution in [0.4, 0.5) is 4.39 Å². The molecule has 6 nitrogen and oxygen atoms in total. The third-order valence-corrected chi connectivity index (χ3v) is 4.43. The zero-order valence-corrected chi connectivity index (χ0v) is 14.3. The second-order valence-corrected chi connectivity index (χ2v) is 6.24. The van der Waals surface area contributed by atoms with Crippen LogP contribution in [0.25, 0.3) is 5.65 Å². The number of nitrogens with zero attached hydrogens (tertiary/aromatic N) is 4. The van der Waals surface area contributed by atoms with Crippen LogP contribution < -0.4 is 0 Å². The van der Waals surface area contributed by atoms with Gasteiger partial charge in [-0.1, -0.05) is 11.6 Å². The summed E-state index contributed by atoms with van der Waals surface area (Å²) in [4.78, 5) is 20.6. The van der Waals surface area contributed by atoms with Crippen LogP contribution >= 0.6 is 11.6 Å². The van der Waals surface area contributed by atoms with Gasteiger partial charge in [0.15, 0.2) is 5.69 Å².